The molecule has 1 aromatic rings. The Bertz CT molecular complexity index is 144. The van der Waals surface area contributed by atoms with Crippen LogP contribution in [-0.2, 0) is 0 Å². The molecular weight excluding hydrogens is 118 g/mol. The quantitative estimate of drug-likeness (QED) is 0.556. The Labute approximate surface area is 53.6 Å². The van der Waals surface area contributed by atoms with E-state index in [0.717, 1.165) is 0 Å². The maximum atomic E-state index is 2.12. The molecule has 1 nitrogen and oxygen atoms in total. The second-order valence-electron chi connectivity index (χ2n) is 1.88. The van der Waals surface area contributed by atoms with Gasteiger partial charge in [0, 0.05) is 25.2 Å². The van der Waals surface area contributed by atoms with Gasteiger partial charge in [-0.3, -0.25) is 0 Å². The number of anilines is 1. The van der Waals surface area contributed by atoms with Crippen molar-refractivity contribution in [2.24, 2.45) is 0 Å². The van der Waals surface area contributed by atoms with E-state index >= 15 is 0 Å². The lowest BCUT2D eigenvalue weighted by atomic mass is 10.5. The average molecular weight is 127 g/mol. The monoisotopic (exact) mass is 127 g/mol. The van der Waals surface area contributed by atoms with E-state index in [9.17, 15) is 0 Å². The molecule has 0 N–H and O–H groups in total. The molecule has 0 atom stereocenters. The van der Waals surface area contributed by atoms with Crippen molar-refractivity contribution in [2.75, 3.05) is 19.0 Å². The maximum Gasteiger partial charge on any atom is 0.0469 e. The van der Waals surface area contributed by atoms with Crippen LogP contribution in [0.1, 0.15) is 0 Å². The Hall–Kier alpha value is -0.500. The average Bonchev–Trinajstić information content (AvgIpc) is 2.12. The van der Waals surface area contributed by atoms with Crippen LogP contribution >= 0.6 is 11.3 Å². The highest BCUT2D eigenvalue weighted by atomic mass is 32.1. The third-order valence-electron chi connectivity index (χ3n) is 1.02. The first-order chi connectivity index (χ1) is 3.80. The molecule has 1 heterocycles. The molecule has 0 unspecified atom stereocenters. The van der Waals surface area contributed by atoms with Crippen molar-refractivity contribution in [1.82, 2.24) is 0 Å². The van der Waals surface area contributed by atoms with Crippen LogP contribution in [0.25, 0.3) is 0 Å². The van der Waals surface area contributed by atoms with Crippen LogP contribution in [0.5, 0.6) is 0 Å². The van der Waals surface area contributed by atoms with E-state index in [1.54, 1.807) is 11.3 Å². The van der Waals surface area contributed by atoms with E-state index in [-0.39, 0.29) is 0 Å². The van der Waals surface area contributed by atoms with Crippen molar-refractivity contribution in [3.8, 4) is 0 Å². The van der Waals surface area contributed by atoms with Crippen LogP contribution in [0.2, 0.25) is 0 Å². The maximum absolute atomic E-state index is 2.12. The highest BCUT2D eigenvalue weighted by molar-refractivity contribution is 7.08. The molecule has 8 heavy (non-hydrogen) atoms. The van der Waals surface area contributed by atoms with Crippen LogP contribution in [-0.4, -0.2) is 14.1 Å². The third kappa shape index (κ3) is 1.01. The molecule has 0 bridgehead atoms. The number of hydrogen-bond donors (Lipinski definition) is 0. The lowest BCUT2D eigenvalue weighted by Gasteiger charge is -2.07. The zero-order chi connectivity index (χ0) is 5.98. The molecule has 0 aliphatic carbocycles. The molecule has 2 heteroatoms. The van der Waals surface area contributed by atoms with Crippen LogP contribution in [0.4, 0.5) is 5.69 Å². The number of rotatable bonds is 1. The van der Waals surface area contributed by atoms with Gasteiger partial charge < -0.3 is 4.90 Å². The molecule has 0 fully saturated rings. The molecule has 1 rings (SSSR count). The standard InChI is InChI=1S/C6H9NS/c1-7(2)6-3-4-8-5-6/h3-5H,1-2H3. The molecule has 0 aliphatic heterocycles. The van der Waals surface area contributed by atoms with Gasteiger partial charge in [0.15, 0.2) is 0 Å². The fourth-order valence-electron chi connectivity index (χ4n) is 0.512. The fraction of sp³-hybridized carbons (Fsp3) is 0.333. The van der Waals surface area contributed by atoms with E-state index in [2.05, 4.69) is 21.7 Å². The smallest absolute Gasteiger partial charge is 0.0469 e. The topological polar surface area (TPSA) is 3.24 Å². The summed E-state index contributed by atoms with van der Waals surface area (Å²) in [6.07, 6.45) is 0. The molecule has 0 aliphatic rings. The predicted molar refractivity (Wildman–Crippen MR) is 38.6 cm³/mol. The molecule has 44 valence electrons. The largest absolute Gasteiger partial charge is 0.377 e. The second kappa shape index (κ2) is 2.18. The molecule has 0 radical (unpaired) electrons. The first-order valence-corrected chi connectivity index (χ1v) is 3.44. The molecule has 0 saturated heterocycles. The van der Waals surface area contributed by atoms with Crippen molar-refractivity contribution < 1.29 is 0 Å². The predicted octanol–water partition coefficient (Wildman–Crippen LogP) is 1.81. The van der Waals surface area contributed by atoms with Gasteiger partial charge in [-0.25, -0.2) is 0 Å². The van der Waals surface area contributed by atoms with Gasteiger partial charge in [0.05, 0.1) is 0 Å². The number of thiophene rings is 1. The lowest BCUT2D eigenvalue weighted by Crippen LogP contribution is -2.06. The van der Waals surface area contributed by atoms with Gasteiger partial charge in [0.2, 0.25) is 0 Å². The van der Waals surface area contributed by atoms with E-state index in [4.69, 9.17) is 0 Å². The second-order valence-corrected chi connectivity index (χ2v) is 2.66. The summed E-state index contributed by atoms with van der Waals surface area (Å²) in [5.74, 6) is 0. The summed E-state index contributed by atoms with van der Waals surface area (Å²) in [5.41, 5.74) is 1.29. The molecule has 0 amide bonds. The van der Waals surface area contributed by atoms with Gasteiger partial charge in [-0.05, 0) is 11.4 Å². The summed E-state index contributed by atoms with van der Waals surface area (Å²) >= 11 is 1.73. The third-order valence-corrected chi connectivity index (χ3v) is 1.69. The normalized spacial score (nSPS) is 9.25. The summed E-state index contributed by atoms with van der Waals surface area (Å²) in [7, 11) is 4.09. The minimum atomic E-state index is 1.29. The molecule has 0 spiro atoms. The zero-order valence-electron chi connectivity index (χ0n) is 5.09. The zero-order valence-corrected chi connectivity index (χ0v) is 5.90. The fourth-order valence-corrected chi connectivity index (χ4v) is 1.24. The van der Waals surface area contributed by atoms with Crippen molar-refractivity contribution in [2.45, 2.75) is 0 Å². The first-order valence-electron chi connectivity index (χ1n) is 2.50. The van der Waals surface area contributed by atoms with E-state index < -0.39 is 0 Å². The minimum Gasteiger partial charge on any atom is -0.377 e. The molecular formula is C6H9NS. The Kier molecular flexibility index (Phi) is 1.53. The van der Waals surface area contributed by atoms with Crippen LogP contribution in [0.3, 0.4) is 0 Å². The lowest BCUT2D eigenvalue weighted by molar-refractivity contribution is 1.14. The number of nitrogens with zero attached hydrogens (tertiary/aromatic N) is 1. The first kappa shape index (κ1) is 5.63. The highest BCUT2D eigenvalue weighted by Crippen LogP contribution is 2.13. The summed E-state index contributed by atoms with van der Waals surface area (Å²) in [5, 5.41) is 4.20. The Morgan fingerprint density at radius 3 is 2.50 bits per heavy atom. The van der Waals surface area contributed by atoms with Gasteiger partial charge in [-0.1, -0.05) is 0 Å². The number of hydrogen-bond acceptors (Lipinski definition) is 2. The van der Waals surface area contributed by atoms with Crippen LogP contribution in [0, 0.1) is 0 Å². The van der Waals surface area contributed by atoms with Crippen molar-refractivity contribution in [3.05, 3.63) is 16.8 Å². The van der Waals surface area contributed by atoms with Gasteiger partial charge in [-0.2, -0.15) is 11.3 Å². The van der Waals surface area contributed by atoms with E-state index in [1.807, 2.05) is 14.1 Å². The molecule has 0 saturated carbocycles. The van der Waals surface area contributed by atoms with Crippen LogP contribution < -0.4 is 4.90 Å². The van der Waals surface area contributed by atoms with Gasteiger partial charge in [0.1, 0.15) is 0 Å². The van der Waals surface area contributed by atoms with Crippen molar-refractivity contribution in [1.29, 1.82) is 0 Å². The summed E-state index contributed by atoms with van der Waals surface area (Å²) in [6, 6.07) is 2.10. The van der Waals surface area contributed by atoms with Gasteiger partial charge in [0.25, 0.3) is 0 Å². The Morgan fingerprint density at radius 1 is 1.50 bits per heavy atom. The van der Waals surface area contributed by atoms with Gasteiger partial charge >= 0.3 is 0 Å². The van der Waals surface area contributed by atoms with E-state index in [1.165, 1.54) is 5.69 Å². The summed E-state index contributed by atoms with van der Waals surface area (Å²) in [4.78, 5) is 2.09. The molecule has 1 aromatic heterocycles. The Morgan fingerprint density at radius 2 is 2.25 bits per heavy atom. The Balaban J connectivity index is 2.77. The van der Waals surface area contributed by atoms with Crippen molar-refractivity contribution in [3.63, 3.8) is 0 Å². The van der Waals surface area contributed by atoms with Crippen molar-refractivity contribution >= 4 is 17.0 Å². The SMILES string of the molecule is CN(C)c1ccsc1. The van der Waals surface area contributed by atoms with Gasteiger partial charge in [-0.15, -0.1) is 0 Å². The minimum absolute atomic E-state index is 1.29. The summed E-state index contributed by atoms with van der Waals surface area (Å²) in [6.45, 7) is 0. The summed E-state index contributed by atoms with van der Waals surface area (Å²) < 4.78 is 0. The van der Waals surface area contributed by atoms with E-state index in [0.29, 0.717) is 0 Å². The van der Waals surface area contributed by atoms with Crippen LogP contribution in [0.15, 0.2) is 16.8 Å². The molecule has 0 aromatic carbocycles. The highest BCUT2D eigenvalue weighted by Gasteiger charge is 1.89.